The second-order valence-electron chi connectivity index (χ2n) is 10.8. The predicted octanol–water partition coefficient (Wildman–Crippen LogP) is 5.78. The highest BCUT2D eigenvalue weighted by Gasteiger charge is 2.36. The summed E-state index contributed by atoms with van der Waals surface area (Å²) in [4.78, 5) is 28.8. The minimum atomic E-state index is -1.53. The third-order valence-electron chi connectivity index (χ3n) is 6.61. The number of rotatable bonds is 7. The number of aromatic amines is 1. The van der Waals surface area contributed by atoms with Crippen molar-refractivity contribution in [2.45, 2.75) is 59.7 Å². The number of aliphatic hydroxyl groups is 1. The van der Waals surface area contributed by atoms with Crippen LogP contribution in [0.25, 0.3) is 21.3 Å². The summed E-state index contributed by atoms with van der Waals surface area (Å²) < 4.78 is 37.9. The van der Waals surface area contributed by atoms with E-state index in [2.05, 4.69) is 10.3 Å². The first-order valence-corrected chi connectivity index (χ1v) is 13.4. The van der Waals surface area contributed by atoms with Gasteiger partial charge in [-0.05, 0) is 77.8 Å². The highest BCUT2D eigenvalue weighted by molar-refractivity contribution is 7.16. The van der Waals surface area contributed by atoms with Gasteiger partial charge < -0.3 is 24.7 Å². The summed E-state index contributed by atoms with van der Waals surface area (Å²) in [6.45, 7) is 12.2. The Hall–Kier alpha value is -3.50. The zero-order valence-corrected chi connectivity index (χ0v) is 24.1. The van der Waals surface area contributed by atoms with Crippen molar-refractivity contribution in [2.75, 3.05) is 6.54 Å². The van der Waals surface area contributed by atoms with E-state index in [0.717, 1.165) is 11.3 Å². The van der Waals surface area contributed by atoms with Crippen LogP contribution < -0.4 is 15.6 Å². The number of halogens is 2. The van der Waals surface area contributed by atoms with Crippen LogP contribution in [-0.4, -0.2) is 27.1 Å². The minimum Gasteiger partial charge on any atom is -0.478 e. The summed E-state index contributed by atoms with van der Waals surface area (Å²) in [6, 6.07) is 4.36. The molecule has 0 aliphatic heterocycles. The number of H-pyrrole nitrogens is 1. The molecule has 0 fully saturated rings. The molecule has 0 bridgehead atoms. The Morgan fingerprint density at radius 3 is 2.33 bits per heavy atom. The van der Waals surface area contributed by atoms with Gasteiger partial charge in [-0.25, -0.2) is 8.78 Å². The van der Waals surface area contributed by atoms with Crippen LogP contribution in [0.15, 0.2) is 29.2 Å². The van der Waals surface area contributed by atoms with Gasteiger partial charge in [-0.1, -0.05) is 0 Å². The highest BCUT2D eigenvalue weighted by atomic mass is 32.1. The lowest BCUT2D eigenvalue weighted by Gasteiger charge is -2.30. The van der Waals surface area contributed by atoms with Gasteiger partial charge in [-0.3, -0.25) is 9.59 Å². The van der Waals surface area contributed by atoms with Gasteiger partial charge in [0.1, 0.15) is 22.6 Å². The van der Waals surface area contributed by atoms with Gasteiger partial charge in [-0.15, -0.1) is 11.3 Å². The molecular weight excluding hydrogens is 524 g/mol. The van der Waals surface area contributed by atoms with E-state index in [0.29, 0.717) is 39.1 Å². The van der Waals surface area contributed by atoms with Crippen molar-refractivity contribution < 1.29 is 23.4 Å². The van der Waals surface area contributed by atoms with Crippen LogP contribution in [0.3, 0.4) is 0 Å². The molecule has 0 atom stereocenters. The number of aromatic nitrogens is 2. The van der Waals surface area contributed by atoms with E-state index in [1.54, 1.807) is 53.9 Å². The number of hydrogen-bond donors (Lipinski definition) is 3. The van der Waals surface area contributed by atoms with Crippen molar-refractivity contribution in [3.8, 4) is 16.2 Å². The topological polar surface area (TPSA) is 96.3 Å². The van der Waals surface area contributed by atoms with E-state index in [1.165, 1.54) is 30.5 Å². The quantitative estimate of drug-likeness (QED) is 0.268. The Morgan fingerprint density at radius 2 is 1.77 bits per heavy atom. The van der Waals surface area contributed by atoms with E-state index < -0.39 is 17.0 Å². The van der Waals surface area contributed by atoms with Crippen LogP contribution in [0, 0.1) is 25.5 Å². The van der Waals surface area contributed by atoms with Crippen LogP contribution in [-0.2, 0) is 18.2 Å². The second kappa shape index (κ2) is 9.91. The summed E-state index contributed by atoms with van der Waals surface area (Å²) in [7, 11) is 1.56. The highest BCUT2D eigenvalue weighted by Crippen LogP contribution is 2.49. The van der Waals surface area contributed by atoms with Crippen molar-refractivity contribution in [2.24, 2.45) is 7.05 Å². The lowest BCUT2D eigenvalue weighted by atomic mass is 9.89. The Morgan fingerprint density at radius 1 is 1.15 bits per heavy atom. The number of amides is 1. The molecule has 0 spiro atoms. The summed E-state index contributed by atoms with van der Waals surface area (Å²) in [5.41, 5.74) is -0.141. The van der Waals surface area contributed by atoms with E-state index in [4.69, 9.17) is 4.74 Å². The number of thiophene rings is 1. The third-order valence-corrected chi connectivity index (χ3v) is 8.11. The molecule has 0 saturated heterocycles. The van der Waals surface area contributed by atoms with Crippen LogP contribution in [0.5, 0.6) is 5.75 Å². The van der Waals surface area contributed by atoms with Crippen LogP contribution in [0.1, 0.15) is 66.7 Å². The zero-order chi connectivity index (χ0) is 29.0. The summed E-state index contributed by atoms with van der Waals surface area (Å²) in [6.07, 6.45) is 1.56. The smallest absolute Gasteiger partial charge is 0.274 e. The van der Waals surface area contributed by atoms with Gasteiger partial charge in [0.15, 0.2) is 11.6 Å². The van der Waals surface area contributed by atoms with Gasteiger partial charge in [0.2, 0.25) is 0 Å². The molecule has 3 N–H and O–H groups in total. The molecule has 0 aliphatic rings. The molecule has 0 aliphatic carbocycles. The standard InChI is InChI=1S/C29H33F2N3O4S/c1-9-32-26(35)19-12-17-18(13-34(8)27(36)22(17)33-19)24-23(21(31)25(39-24)28(4,5)37)38-29(6,7)20-14(2)10-16(30)11-15(20)3/h10-13,33,37H,9H2,1-8H3,(H,32,35). The van der Waals surface area contributed by atoms with Gasteiger partial charge in [-0.2, -0.15) is 0 Å². The van der Waals surface area contributed by atoms with Crippen molar-refractivity contribution in [3.63, 3.8) is 0 Å². The van der Waals surface area contributed by atoms with Crippen LogP contribution in [0.2, 0.25) is 0 Å². The first-order chi connectivity index (χ1) is 18.1. The van der Waals surface area contributed by atoms with Crippen LogP contribution in [0.4, 0.5) is 8.78 Å². The SMILES string of the molecule is CCNC(=O)c1cc2c(-c3sc(C(C)(C)O)c(F)c3OC(C)(C)c3c(C)cc(F)cc3C)cn(C)c(=O)c2[nH]1. The summed E-state index contributed by atoms with van der Waals surface area (Å²) in [5.74, 6) is -1.59. The lowest BCUT2D eigenvalue weighted by molar-refractivity contribution is 0.0744. The van der Waals surface area contributed by atoms with Crippen molar-refractivity contribution >= 4 is 28.1 Å². The van der Waals surface area contributed by atoms with E-state index in [9.17, 15) is 19.1 Å². The maximum Gasteiger partial charge on any atom is 0.274 e. The maximum atomic E-state index is 16.1. The normalized spacial score (nSPS) is 12.3. The van der Waals surface area contributed by atoms with Crippen molar-refractivity contribution in [1.29, 1.82) is 0 Å². The van der Waals surface area contributed by atoms with E-state index in [1.807, 2.05) is 0 Å². The largest absolute Gasteiger partial charge is 0.478 e. The molecule has 4 aromatic rings. The number of carbonyl (C=O) groups is 1. The number of fused-ring (bicyclic) bond motifs is 1. The first kappa shape index (κ1) is 28.5. The third kappa shape index (κ3) is 5.10. The molecule has 7 nitrogen and oxygen atoms in total. The number of carbonyl (C=O) groups excluding carboxylic acids is 1. The number of ether oxygens (including phenoxy) is 1. The Kier molecular flexibility index (Phi) is 7.24. The van der Waals surface area contributed by atoms with Gasteiger partial charge in [0.25, 0.3) is 11.5 Å². The second-order valence-corrected chi connectivity index (χ2v) is 11.8. The molecule has 208 valence electrons. The van der Waals surface area contributed by atoms with Gasteiger partial charge in [0, 0.05) is 36.3 Å². The Labute approximate surface area is 229 Å². The molecule has 39 heavy (non-hydrogen) atoms. The molecular formula is C29H33F2N3O4S. The average Bonchev–Trinajstić information content (AvgIpc) is 3.38. The first-order valence-electron chi connectivity index (χ1n) is 12.6. The molecule has 10 heteroatoms. The number of hydrogen-bond acceptors (Lipinski definition) is 5. The van der Waals surface area contributed by atoms with Gasteiger partial charge >= 0.3 is 0 Å². The number of nitrogens with zero attached hydrogens (tertiary/aromatic N) is 1. The fraction of sp³-hybridized carbons (Fsp3) is 0.379. The molecule has 0 unspecified atom stereocenters. The molecule has 0 radical (unpaired) electrons. The summed E-state index contributed by atoms with van der Waals surface area (Å²) in [5, 5.41) is 13.9. The number of nitrogens with one attached hydrogen (secondary N) is 2. The molecule has 0 saturated carbocycles. The molecule has 4 rings (SSSR count). The van der Waals surface area contributed by atoms with Gasteiger partial charge in [0.05, 0.1) is 15.4 Å². The Balaban J connectivity index is 2.00. The van der Waals surface area contributed by atoms with Crippen molar-refractivity contribution in [1.82, 2.24) is 14.9 Å². The Bertz CT molecular complexity index is 1630. The number of aryl methyl sites for hydroxylation is 3. The monoisotopic (exact) mass is 557 g/mol. The van der Waals surface area contributed by atoms with Crippen LogP contribution >= 0.6 is 11.3 Å². The molecule has 1 amide bonds. The summed E-state index contributed by atoms with van der Waals surface area (Å²) >= 11 is 1.01. The van der Waals surface area contributed by atoms with E-state index in [-0.39, 0.29) is 39.1 Å². The van der Waals surface area contributed by atoms with E-state index >= 15 is 4.39 Å². The minimum absolute atomic E-state index is 0.0531. The molecule has 3 aromatic heterocycles. The fourth-order valence-corrected chi connectivity index (χ4v) is 6.25. The average molecular weight is 558 g/mol. The fourth-order valence-electron chi connectivity index (χ4n) is 5.12. The predicted molar refractivity (Wildman–Crippen MR) is 150 cm³/mol. The van der Waals surface area contributed by atoms with Crippen molar-refractivity contribution in [3.05, 3.63) is 73.6 Å². The molecule has 1 aromatic carbocycles. The molecule has 3 heterocycles. The number of benzene rings is 1. The number of pyridine rings is 1. The zero-order valence-electron chi connectivity index (χ0n) is 23.3. The lowest BCUT2D eigenvalue weighted by Crippen LogP contribution is -2.28. The maximum absolute atomic E-state index is 16.1.